The van der Waals surface area contributed by atoms with Crippen LogP contribution in [0.25, 0.3) is 0 Å². The van der Waals surface area contributed by atoms with Crippen LogP contribution in [0.1, 0.15) is 24.2 Å². The minimum Gasteiger partial charge on any atom is -0.388 e. The molecule has 1 aromatic rings. The van der Waals surface area contributed by atoms with Crippen molar-refractivity contribution in [2.75, 3.05) is 26.0 Å². The predicted octanol–water partition coefficient (Wildman–Crippen LogP) is 1.23. The molecule has 5 nitrogen and oxygen atoms in total. The van der Waals surface area contributed by atoms with Crippen molar-refractivity contribution < 1.29 is 9.59 Å². The van der Waals surface area contributed by atoms with Gasteiger partial charge in [0.25, 0.3) is 5.91 Å². The van der Waals surface area contributed by atoms with E-state index in [0.717, 1.165) is 5.69 Å². The number of rotatable bonds is 5. The van der Waals surface area contributed by atoms with E-state index in [1.165, 1.54) is 0 Å². The molecule has 1 aromatic carbocycles. The lowest BCUT2D eigenvalue weighted by Crippen LogP contribution is -2.43. The Balaban J connectivity index is 2.62. The molecule has 5 heteroatoms. The maximum absolute atomic E-state index is 11.9. The van der Waals surface area contributed by atoms with Crippen LogP contribution in [-0.4, -0.2) is 32.5 Å². The maximum Gasteiger partial charge on any atom is 0.251 e. The second-order valence-corrected chi connectivity index (χ2v) is 4.97. The first-order valence-electron chi connectivity index (χ1n) is 6.19. The van der Waals surface area contributed by atoms with Crippen LogP contribution in [0.2, 0.25) is 0 Å². The lowest BCUT2D eigenvalue weighted by atomic mass is 9.92. The van der Waals surface area contributed by atoms with E-state index in [-0.39, 0.29) is 11.8 Å². The third-order valence-electron chi connectivity index (χ3n) is 2.97. The molecule has 0 aromatic heterocycles. The topological polar surface area (TPSA) is 70.2 Å². The molecule has 0 aliphatic heterocycles. The van der Waals surface area contributed by atoms with Gasteiger partial charge in [0.05, 0.1) is 5.41 Å². The third-order valence-corrected chi connectivity index (χ3v) is 2.97. The summed E-state index contributed by atoms with van der Waals surface area (Å²) >= 11 is 0. The molecule has 0 saturated heterocycles. The van der Waals surface area contributed by atoms with Crippen molar-refractivity contribution in [1.29, 1.82) is 0 Å². The Kier molecular flexibility index (Phi) is 4.92. The number of carbonyl (C=O) groups is 2. The molecule has 0 spiro atoms. The molecule has 0 bridgehead atoms. The van der Waals surface area contributed by atoms with E-state index in [0.29, 0.717) is 12.1 Å². The van der Waals surface area contributed by atoms with E-state index >= 15 is 0 Å². The molecule has 0 heterocycles. The van der Waals surface area contributed by atoms with Crippen LogP contribution < -0.4 is 16.0 Å². The molecular formula is C14H21N3O2. The molecule has 104 valence electrons. The van der Waals surface area contributed by atoms with Gasteiger partial charge in [-0.1, -0.05) is 0 Å². The summed E-state index contributed by atoms with van der Waals surface area (Å²) in [5.74, 6) is -0.280. The monoisotopic (exact) mass is 263 g/mol. The zero-order chi connectivity index (χ0) is 14.5. The SMILES string of the molecule is CNC(=O)C(C)(C)CNC(=O)c1ccc(NC)cc1. The zero-order valence-electron chi connectivity index (χ0n) is 11.8. The third kappa shape index (κ3) is 3.98. The number of nitrogens with one attached hydrogen (secondary N) is 3. The summed E-state index contributed by atoms with van der Waals surface area (Å²) in [6, 6.07) is 7.15. The minimum absolute atomic E-state index is 0.0988. The van der Waals surface area contributed by atoms with Crippen LogP contribution in [0.4, 0.5) is 5.69 Å². The fraction of sp³-hybridized carbons (Fsp3) is 0.429. The number of hydrogen-bond donors (Lipinski definition) is 3. The van der Waals surface area contributed by atoms with Gasteiger partial charge in [0.15, 0.2) is 0 Å². The molecule has 3 N–H and O–H groups in total. The number of hydrogen-bond acceptors (Lipinski definition) is 3. The van der Waals surface area contributed by atoms with E-state index in [1.807, 2.05) is 19.2 Å². The van der Waals surface area contributed by atoms with Crippen molar-refractivity contribution in [3.8, 4) is 0 Å². The van der Waals surface area contributed by atoms with E-state index < -0.39 is 5.41 Å². The molecule has 0 fully saturated rings. The second kappa shape index (κ2) is 6.22. The summed E-state index contributed by atoms with van der Waals surface area (Å²) in [6.45, 7) is 3.87. The number of anilines is 1. The number of carbonyl (C=O) groups excluding carboxylic acids is 2. The first-order chi connectivity index (χ1) is 8.90. The molecule has 0 atom stereocenters. The standard InChI is InChI=1S/C14H21N3O2/c1-14(2,13(19)16-4)9-17-12(18)10-5-7-11(15-3)8-6-10/h5-8,15H,9H2,1-4H3,(H,16,19)(H,17,18). The molecule has 2 amide bonds. The van der Waals surface area contributed by atoms with Gasteiger partial charge in [0, 0.05) is 31.9 Å². The highest BCUT2D eigenvalue weighted by Crippen LogP contribution is 2.14. The Morgan fingerprint density at radius 3 is 2.16 bits per heavy atom. The van der Waals surface area contributed by atoms with Crippen molar-refractivity contribution in [3.05, 3.63) is 29.8 Å². The highest BCUT2D eigenvalue weighted by atomic mass is 16.2. The quantitative estimate of drug-likeness (QED) is 0.748. The van der Waals surface area contributed by atoms with Crippen molar-refractivity contribution in [1.82, 2.24) is 10.6 Å². The fourth-order valence-electron chi connectivity index (χ4n) is 1.61. The summed E-state index contributed by atoms with van der Waals surface area (Å²) < 4.78 is 0. The van der Waals surface area contributed by atoms with Crippen molar-refractivity contribution in [2.24, 2.45) is 5.41 Å². The van der Waals surface area contributed by atoms with E-state index in [2.05, 4.69) is 16.0 Å². The molecule has 1 rings (SSSR count). The summed E-state index contributed by atoms with van der Waals surface area (Å²) in [5, 5.41) is 8.34. The Bertz CT molecular complexity index is 452. The zero-order valence-corrected chi connectivity index (χ0v) is 11.8. The maximum atomic E-state index is 11.9. The summed E-state index contributed by atoms with van der Waals surface area (Å²) in [5.41, 5.74) is 0.893. The Hall–Kier alpha value is -2.04. The number of amides is 2. The average molecular weight is 263 g/mol. The van der Waals surface area contributed by atoms with Crippen LogP contribution in [0.5, 0.6) is 0 Å². The van der Waals surface area contributed by atoms with Crippen LogP contribution >= 0.6 is 0 Å². The Labute approximate surface area is 113 Å². The molecule has 19 heavy (non-hydrogen) atoms. The molecule has 0 aliphatic rings. The normalized spacial score (nSPS) is 10.7. The van der Waals surface area contributed by atoms with Crippen molar-refractivity contribution in [2.45, 2.75) is 13.8 Å². The minimum atomic E-state index is -0.630. The lowest BCUT2D eigenvalue weighted by Gasteiger charge is -2.22. The lowest BCUT2D eigenvalue weighted by molar-refractivity contribution is -0.128. The summed E-state index contributed by atoms with van der Waals surface area (Å²) in [6.07, 6.45) is 0. The number of benzene rings is 1. The van der Waals surface area contributed by atoms with Crippen molar-refractivity contribution in [3.63, 3.8) is 0 Å². The highest BCUT2D eigenvalue weighted by molar-refractivity contribution is 5.95. The van der Waals surface area contributed by atoms with Gasteiger partial charge in [-0.3, -0.25) is 9.59 Å². The van der Waals surface area contributed by atoms with Gasteiger partial charge < -0.3 is 16.0 Å². The summed E-state index contributed by atoms with van der Waals surface area (Å²) in [7, 11) is 3.41. The smallest absolute Gasteiger partial charge is 0.251 e. The Morgan fingerprint density at radius 2 is 1.68 bits per heavy atom. The predicted molar refractivity (Wildman–Crippen MR) is 76.2 cm³/mol. The van der Waals surface area contributed by atoms with Crippen LogP contribution in [0.3, 0.4) is 0 Å². The van der Waals surface area contributed by atoms with Crippen LogP contribution in [0, 0.1) is 5.41 Å². The van der Waals surface area contributed by atoms with E-state index in [1.54, 1.807) is 33.0 Å². The van der Waals surface area contributed by atoms with Gasteiger partial charge in [-0.05, 0) is 38.1 Å². The molecule has 0 unspecified atom stereocenters. The summed E-state index contributed by atoms with van der Waals surface area (Å²) in [4.78, 5) is 23.5. The molecule has 0 saturated carbocycles. The van der Waals surface area contributed by atoms with Gasteiger partial charge in [0.1, 0.15) is 0 Å². The average Bonchev–Trinajstić information content (AvgIpc) is 2.43. The first-order valence-corrected chi connectivity index (χ1v) is 6.19. The second-order valence-electron chi connectivity index (χ2n) is 4.97. The Morgan fingerprint density at radius 1 is 1.11 bits per heavy atom. The largest absolute Gasteiger partial charge is 0.388 e. The first kappa shape index (κ1) is 15.0. The molecule has 0 radical (unpaired) electrons. The van der Waals surface area contributed by atoms with E-state index in [4.69, 9.17) is 0 Å². The van der Waals surface area contributed by atoms with Gasteiger partial charge in [0.2, 0.25) is 5.91 Å². The van der Waals surface area contributed by atoms with Gasteiger partial charge >= 0.3 is 0 Å². The van der Waals surface area contributed by atoms with Gasteiger partial charge in [-0.25, -0.2) is 0 Å². The van der Waals surface area contributed by atoms with Gasteiger partial charge in [-0.2, -0.15) is 0 Å². The fourth-order valence-corrected chi connectivity index (χ4v) is 1.61. The molecular weight excluding hydrogens is 242 g/mol. The van der Waals surface area contributed by atoms with Crippen LogP contribution in [-0.2, 0) is 4.79 Å². The highest BCUT2D eigenvalue weighted by Gasteiger charge is 2.27. The van der Waals surface area contributed by atoms with Gasteiger partial charge in [-0.15, -0.1) is 0 Å². The molecule has 0 aliphatic carbocycles. The van der Waals surface area contributed by atoms with E-state index in [9.17, 15) is 9.59 Å². The van der Waals surface area contributed by atoms with Crippen molar-refractivity contribution >= 4 is 17.5 Å². The van der Waals surface area contributed by atoms with Crippen LogP contribution in [0.15, 0.2) is 24.3 Å².